The van der Waals surface area contributed by atoms with Crippen LogP contribution in [0.2, 0.25) is 0 Å². The monoisotopic (exact) mass is 1170 g/mol. The second-order valence-corrected chi connectivity index (χ2v) is 24.3. The van der Waals surface area contributed by atoms with Gasteiger partial charge in [-0.05, 0) is 6.42 Å². The van der Waals surface area contributed by atoms with Crippen molar-refractivity contribution in [2.45, 2.75) is 79.9 Å². The molecule has 8 heterocycles. The highest BCUT2D eigenvalue weighted by Gasteiger charge is 2.55. The summed E-state index contributed by atoms with van der Waals surface area (Å²) in [5, 5.41) is 33.0. The Morgan fingerprint density at radius 2 is 1.44 bits per heavy atom. The Balaban J connectivity index is 0.967. The molecule has 0 bridgehead atoms. The van der Waals surface area contributed by atoms with E-state index in [1.54, 1.807) is 0 Å². The predicted octanol–water partition coefficient (Wildman–Crippen LogP) is -4.32. The average Bonchev–Trinajstić information content (AvgIpc) is 4.16. The van der Waals surface area contributed by atoms with Gasteiger partial charge >= 0.3 is 34.7 Å². The van der Waals surface area contributed by atoms with Gasteiger partial charge in [-0.3, -0.25) is 42.5 Å². The van der Waals surface area contributed by atoms with Crippen molar-refractivity contribution >= 4 is 71.1 Å². The molecule has 3 saturated heterocycles. The minimum Gasteiger partial charge on any atom is -0.778 e. The summed E-state index contributed by atoms with van der Waals surface area (Å²) in [7, 11) is -18.3. The first-order chi connectivity index (χ1) is 36.0. The molecule has 5 unspecified atom stereocenters. The number of ether oxygens (including phenoxy) is 4. The van der Waals surface area contributed by atoms with Crippen LogP contribution in [0.1, 0.15) is 31.5 Å². The van der Waals surface area contributed by atoms with Crippen LogP contribution in [-0.2, 0) is 71.2 Å². The van der Waals surface area contributed by atoms with E-state index >= 15 is 0 Å². The van der Waals surface area contributed by atoms with Gasteiger partial charge in [0.1, 0.15) is 50.0 Å². The van der Waals surface area contributed by atoms with Crippen molar-refractivity contribution in [2.75, 3.05) is 52.5 Å². The molecule has 0 saturated carbocycles. The van der Waals surface area contributed by atoms with Crippen molar-refractivity contribution in [2.24, 2.45) is 13.0 Å². The number of carbonyl (C=O) groups is 1. The lowest BCUT2D eigenvalue weighted by Gasteiger charge is -2.35. The third-order valence-electron chi connectivity index (χ3n) is 12.5. The van der Waals surface area contributed by atoms with Gasteiger partial charge in [0.05, 0.1) is 51.1 Å². The number of methoxy groups -OCH3 is 1. The largest absolute Gasteiger partial charge is 0.778 e. The molecule has 0 radical (unpaired) electrons. The molecule has 0 spiro atoms. The number of hydrogen-bond acceptors (Lipinski definition) is 27. The molecule has 41 heteroatoms. The Kier molecular flexibility index (Phi) is 16.8. The van der Waals surface area contributed by atoms with Crippen LogP contribution in [0.15, 0.2) is 45.6 Å². The topological polar surface area (TPSA) is 521 Å². The van der Waals surface area contributed by atoms with Gasteiger partial charge in [0.2, 0.25) is 24.4 Å². The Labute approximate surface area is 430 Å². The normalized spacial score (nSPS) is 29.8. The first-order valence-corrected chi connectivity index (χ1v) is 28.5. The Morgan fingerprint density at radius 1 is 0.818 bits per heavy atom. The Morgan fingerprint density at radius 3 is 2.09 bits per heavy atom. The number of amides is 1. The van der Waals surface area contributed by atoms with Gasteiger partial charge in [-0.1, -0.05) is 0 Å². The third-order valence-corrected chi connectivity index (χ3v) is 18.6. The number of phosphoric ester groups is 2. The van der Waals surface area contributed by atoms with Crippen molar-refractivity contribution < 1.29 is 104 Å². The summed E-state index contributed by atoms with van der Waals surface area (Å²) in [6.45, 7) is -3.44. The van der Waals surface area contributed by atoms with Gasteiger partial charge < -0.3 is 79.3 Å². The lowest BCUT2D eigenvalue weighted by atomic mass is 9.92. The first-order valence-electron chi connectivity index (χ1n) is 22.4. The van der Waals surface area contributed by atoms with Gasteiger partial charge in [-0.2, -0.15) is 18.2 Å². The van der Waals surface area contributed by atoms with Crippen molar-refractivity contribution in [3.63, 3.8) is 0 Å². The van der Waals surface area contributed by atoms with Crippen molar-refractivity contribution in [1.82, 2.24) is 48.5 Å². The number of anilines is 2. The molecule has 424 valence electrons. The number of aromatic nitrogens is 10. The molecule has 5 aromatic rings. The summed E-state index contributed by atoms with van der Waals surface area (Å²) in [5.41, 5.74) is 7.02. The SMILES string of the molecule is CO[C@@H]1[C@H](P(=O)([O-])OC[C@H]2O[C@@H](n3ccc(=O)[nH]c3=O)[C@H](O)[C@@H]2O)[C@@H](COP(=O)(O)OP(=O)(O)OP(=O)(O)OC[C@H]2OC(n3c[n+](C)c4c(=O)[nH]c(N)nc43)[C@H](O)[C@@H]2CCC(=O)N(C)C)O[C@H]1n1cnc2c(N)ncnc21. The van der Waals surface area contributed by atoms with Crippen LogP contribution in [0, 0.1) is 5.92 Å². The number of hydrogen-bond donors (Lipinski definition) is 10. The summed E-state index contributed by atoms with van der Waals surface area (Å²) >= 11 is 0. The minimum atomic E-state index is -6.25. The van der Waals surface area contributed by atoms with E-state index in [9.17, 15) is 72.3 Å². The summed E-state index contributed by atoms with van der Waals surface area (Å²) in [6, 6.07) is 0.913. The summed E-state index contributed by atoms with van der Waals surface area (Å²) in [5.74, 6) is -1.89. The third kappa shape index (κ3) is 12.2. The lowest BCUT2D eigenvalue weighted by molar-refractivity contribution is -0.646. The predicted molar refractivity (Wildman–Crippen MR) is 250 cm³/mol. The summed E-state index contributed by atoms with van der Waals surface area (Å²) in [4.78, 5) is 117. The van der Waals surface area contributed by atoms with Crippen molar-refractivity contribution in [3.05, 3.63) is 62.4 Å². The number of imidazole rings is 2. The fourth-order valence-electron chi connectivity index (χ4n) is 8.93. The minimum absolute atomic E-state index is 0.00413. The van der Waals surface area contributed by atoms with Crippen LogP contribution in [0.5, 0.6) is 0 Å². The number of nitrogens with two attached hydrogens (primary N) is 2. The van der Waals surface area contributed by atoms with E-state index in [4.69, 9.17) is 44.0 Å². The first kappa shape index (κ1) is 58.1. The number of nitrogen functional groups attached to an aromatic ring is 2. The van der Waals surface area contributed by atoms with E-state index in [1.807, 2.05) is 4.98 Å². The van der Waals surface area contributed by atoms with Gasteiger partial charge in [-0.25, -0.2) is 38.0 Å². The van der Waals surface area contributed by atoms with E-state index in [0.717, 1.165) is 41.2 Å². The van der Waals surface area contributed by atoms with Crippen LogP contribution >= 0.6 is 31.1 Å². The fourth-order valence-corrected chi connectivity index (χ4v) is 14.2. The number of H-pyrrole nitrogens is 2. The molecule has 0 aromatic carbocycles. The molecule has 8 rings (SSSR count). The number of fused-ring (bicyclic) bond motifs is 2. The second kappa shape index (κ2) is 22.2. The molecule has 1 amide bonds. The number of carbonyl (C=O) groups excluding carboxylic acids is 1. The number of nitrogens with one attached hydrogen (secondary N) is 2. The van der Waals surface area contributed by atoms with Crippen molar-refractivity contribution in [3.8, 4) is 0 Å². The van der Waals surface area contributed by atoms with Crippen LogP contribution in [0.4, 0.5) is 11.8 Å². The summed E-state index contributed by atoms with van der Waals surface area (Å²) in [6.07, 6.45) is -12.6. The molecule has 3 aliphatic rings. The second-order valence-electron chi connectivity index (χ2n) is 17.7. The van der Waals surface area contributed by atoms with E-state index in [-0.39, 0.29) is 46.9 Å². The zero-order chi connectivity index (χ0) is 56.3. The smallest absolute Gasteiger partial charge is 0.490 e. The average molecular weight is 1170 g/mol. The molecule has 77 heavy (non-hydrogen) atoms. The fraction of sp³-hybridized carbons (Fsp3) is 0.583. The standard InChI is InChI=1S/C36H51N13O24P4/c1-45(2)20(51)6-5-15-16(69-32(23(15)52)49-14-46(3)22-30(49)43-35(38)44-31(22)55)9-67-75(59,60)72-77(63,64)73-76(61,62)68-11-18-27(26(65-4)34(71-18)48-13-41-21-28(37)39-12-40-29(21)48)74(57,58)66-10-17-24(53)25(54)33(70-17)47-8-7-19(50)42-36(47)56/h7-8,12-18,23-27,32-34,52-54H,5-6,9-11H2,1-4H3,(H9-,37,38,39,40,42,43,44,50,55,56,57,58,59,60,61,62,63,64)/t15-,16-,17-,18-,23-,24-,25-,26-,27-,32?,33-,34-/m1/s1. The molecule has 12 N–H and O–H groups in total. The highest BCUT2D eigenvalue weighted by atomic mass is 31.3. The molecule has 37 nitrogen and oxygen atoms in total. The highest BCUT2D eigenvalue weighted by molar-refractivity contribution is 7.66. The highest BCUT2D eigenvalue weighted by Crippen LogP contribution is 2.68. The van der Waals surface area contributed by atoms with E-state index in [0.29, 0.717) is 0 Å². The number of aromatic amines is 2. The lowest BCUT2D eigenvalue weighted by Crippen LogP contribution is -2.40. The molecular weight excluding hydrogens is 1120 g/mol. The zero-order valence-corrected chi connectivity index (χ0v) is 43.9. The number of aryl methyl sites for hydroxylation is 1. The maximum atomic E-state index is 14.2. The van der Waals surface area contributed by atoms with E-state index in [1.165, 1.54) is 41.5 Å². The zero-order valence-electron chi connectivity index (χ0n) is 40.4. The van der Waals surface area contributed by atoms with Gasteiger partial charge in [0, 0.05) is 45.8 Å². The number of aliphatic hydroxyl groups is 3. The molecule has 3 fully saturated rings. The molecular formula is C36H51N13O24P4. The number of nitrogens with zero attached hydrogens (tertiary/aromatic N) is 9. The quantitative estimate of drug-likeness (QED) is 0.0245. The van der Waals surface area contributed by atoms with E-state index in [2.05, 4.69) is 33.5 Å². The number of phosphoric acid groups is 3. The maximum Gasteiger partial charge on any atom is 0.490 e. The van der Waals surface area contributed by atoms with Gasteiger partial charge in [0.15, 0.2) is 23.9 Å². The van der Waals surface area contributed by atoms with Crippen LogP contribution in [0.3, 0.4) is 0 Å². The van der Waals surface area contributed by atoms with E-state index < -0.39 is 147 Å². The van der Waals surface area contributed by atoms with Crippen LogP contribution < -0.4 is 37.7 Å². The Hall–Kier alpha value is -5.07. The van der Waals surface area contributed by atoms with Gasteiger partial charge in [-0.15, -0.1) is 0 Å². The molecule has 16 atom stereocenters. The molecule has 0 aliphatic carbocycles. The van der Waals surface area contributed by atoms with Crippen LogP contribution in [0.25, 0.3) is 22.3 Å². The number of aliphatic hydroxyl groups excluding tert-OH is 3. The van der Waals surface area contributed by atoms with Crippen LogP contribution in [-0.4, -0.2) is 174 Å². The molecule has 3 aliphatic heterocycles. The van der Waals surface area contributed by atoms with Gasteiger partial charge in [0.25, 0.3) is 16.7 Å². The maximum absolute atomic E-state index is 14.2. The molecule has 5 aromatic heterocycles. The number of rotatable bonds is 21. The van der Waals surface area contributed by atoms with Crippen molar-refractivity contribution in [1.29, 1.82) is 0 Å². The Bertz CT molecular complexity index is 3410. The summed E-state index contributed by atoms with van der Waals surface area (Å²) < 4.78 is 105.